The molecule has 0 aliphatic heterocycles. The summed E-state index contributed by atoms with van der Waals surface area (Å²) in [6.07, 6.45) is 5.55. The molecule has 1 N–H and O–H groups in total. The summed E-state index contributed by atoms with van der Waals surface area (Å²) in [7, 11) is 0. The van der Waals surface area contributed by atoms with Gasteiger partial charge >= 0.3 is 0 Å². The summed E-state index contributed by atoms with van der Waals surface area (Å²) in [6, 6.07) is 6.50. The molecular weight excluding hydrogens is 248 g/mol. The fraction of sp³-hybridized carbons (Fsp3) is 0.438. The Balaban J connectivity index is 2.30. The highest BCUT2D eigenvalue weighted by atomic mass is 15.1. The van der Waals surface area contributed by atoms with Crippen LogP contribution in [-0.4, -0.2) is 21.7 Å². The van der Waals surface area contributed by atoms with E-state index in [-0.39, 0.29) is 6.04 Å². The third-order valence-electron chi connectivity index (χ3n) is 3.35. The van der Waals surface area contributed by atoms with E-state index in [1.54, 1.807) is 6.20 Å². The number of likely N-dealkylation sites (N-methyl/N-ethyl adjacent to an activating group) is 1. The Labute approximate surface area is 120 Å². The summed E-state index contributed by atoms with van der Waals surface area (Å²) in [5, 5.41) is 12.1. The molecule has 2 rings (SSSR count). The van der Waals surface area contributed by atoms with Gasteiger partial charge in [-0.1, -0.05) is 19.9 Å². The third-order valence-corrected chi connectivity index (χ3v) is 3.35. The molecule has 4 heteroatoms. The number of nitrogens with zero attached hydrogens (tertiary/aromatic N) is 3. The lowest BCUT2D eigenvalue weighted by molar-refractivity contribution is 0.539. The van der Waals surface area contributed by atoms with Gasteiger partial charge in [-0.25, -0.2) is 0 Å². The highest BCUT2D eigenvalue weighted by Crippen LogP contribution is 2.21. The molecule has 0 aliphatic rings. The zero-order valence-electron chi connectivity index (χ0n) is 12.4. The largest absolute Gasteiger partial charge is 0.310 e. The maximum absolute atomic E-state index is 4.34. The van der Waals surface area contributed by atoms with Crippen molar-refractivity contribution in [1.82, 2.24) is 20.5 Å². The van der Waals surface area contributed by atoms with Crippen LogP contribution in [0.2, 0.25) is 0 Å². The van der Waals surface area contributed by atoms with Gasteiger partial charge in [0, 0.05) is 18.4 Å². The first-order chi connectivity index (χ1) is 9.74. The molecule has 4 nitrogen and oxygen atoms in total. The van der Waals surface area contributed by atoms with E-state index >= 15 is 0 Å². The van der Waals surface area contributed by atoms with Crippen molar-refractivity contribution in [3.8, 4) is 0 Å². The summed E-state index contributed by atoms with van der Waals surface area (Å²) >= 11 is 0. The van der Waals surface area contributed by atoms with Crippen LogP contribution in [0.25, 0.3) is 0 Å². The molecule has 0 spiro atoms. The molecule has 0 radical (unpaired) electrons. The van der Waals surface area contributed by atoms with Crippen LogP contribution in [0.5, 0.6) is 0 Å². The Morgan fingerprint density at radius 2 is 2.10 bits per heavy atom. The summed E-state index contributed by atoms with van der Waals surface area (Å²) in [5.74, 6) is 0. The standard InChI is InChI=1S/C16H22N4/c1-4-15-14(9-12(3)19-20-15)16(18-5-2)10-13-7-6-8-17-11-13/h6-9,11,16,18H,4-5,10H2,1-3H3. The van der Waals surface area contributed by atoms with Gasteiger partial charge in [0.25, 0.3) is 0 Å². The Hall–Kier alpha value is -1.81. The number of nitrogens with one attached hydrogen (secondary N) is 1. The number of aryl methyl sites for hydroxylation is 2. The van der Waals surface area contributed by atoms with Crippen LogP contribution in [-0.2, 0) is 12.8 Å². The van der Waals surface area contributed by atoms with Crippen LogP contribution < -0.4 is 5.32 Å². The van der Waals surface area contributed by atoms with Crippen LogP contribution >= 0.6 is 0 Å². The first-order valence-electron chi connectivity index (χ1n) is 7.20. The van der Waals surface area contributed by atoms with Gasteiger partial charge in [0.2, 0.25) is 0 Å². The van der Waals surface area contributed by atoms with Crippen molar-refractivity contribution in [2.75, 3.05) is 6.54 Å². The van der Waals surface area contributed by atoms with E-state index in [1.807, 2.05) is 19.2 Å². The van der Waals surface area contributed by atoms with Gasteiger partial charge in [-0.3, -0.25) is 4.98 Å². The molecule has 0 aliphatic carbocycles. The highest BCUT2D eigenvalue weighted by Gasteiger charge is 2.16. The van der Waals surface area contributed by atoms with Crippen molar-refractivity contribution in [2.24, 2.45) is 0 Å². The van der Waals surface area contributed by atoms with Crippen molar-refractivity contribution in [3.05, 3.63) is 53.1 Å². The molecule has 106 valence electrons. The molecule has 0 saturated heterocycles. The first kappa shape index (κ1) is 14.6. The van der Waals surface area contributed by atoms with Gasteiger partial charge in [0.1, 0.15) is 0 Å². The van der Waals surface area contributed by atoms with Crippen LogP contribution in [0.1, 0.15) is 42.4 Å². The topological polar surface area (TPSA) is 50.7 Å². The minimum atomic E-state index is 0.258. The molecule has 2 heterocycles. The summed E-state index contributed by atoms with van der Waals surface area (Å²) in [5.41, 5.74) is 4.53. The molecule has 1 atom stereocenters. The predicted octanol–water partition coefficient (Wildman–Crippen LogP) is 2.64. The molecule has 20 heavy (non-hydrogen) atoms. The van der Waals surface area contributed by atoms with Crippen LogP contribution in [0.3, 0.4) is 0 Å². The number of hydrogen-bond acceptors (Lipinski definition) is 4. The van der Waals surface area contributed by atoms with E-state index in [2.05, 4.69) is 46.5 Å². The lowest BCUT2D eigenvalue weighted by atomic mass is 9.97. The molecule has 1 unspecified atom stereocenters. The Kier molecular flexibility index (Phi) is 5.18. The summed E-state index contributed by atoms with van der Waals surface area (Å²) in [6.45, 7) is 7.16. The molecule has 0 saturated carbocycles. The number of aromatic nitrogens is 3. The zero-order valence-corrected chi connectivity index (χ0v) is 12.4. The average molecular weight is 270 g/mol. The van der Waals surface area contributed by atoms with Crippen molar-refractivity contribution in [1.29, 1.82) is 0 Å². The van der Waals surface area contributed by atoms with Crippen molar-refractivity contribution < 1.29 is 0 Å². The molecule has 0 amide bonds. The Morgan fingerprint density at radius 1 is 1.25 bits per heavy atom. The molecular formula is C16H22N4. The van der Waals surface area contributed by atoms with Crippen LogP contribution in [0.4, 0.5) is 0 Å². The van der Waals surface area contributed by atoms with E-state index in [0.29, 0.717) is 0 Å². The van der Waals surface area contributed by atoms with E-state index < -0.39 is 0 Å². The van der Waals surface area contributed by atoms with E-state index in [4.69, 9.17) is 0 Å². The smallest absolute Gasteiger partial charge is 0.0676 e. The second-order valence-corrected chi connectivity index (χ2v) is 4.92. The van der Waals surface area contributed by atoms with Crippen molar-refractivity contribution >= 4 is 0 Å². The average Bonchev–Trinajstić information content (AvgIpc) is 2.48. The molecule has 2 aromatic heterocycles. The van der Waals surface area contributed by atoms with Gasteiger partial charge < -0.3 is 5.32 Å². The fourth-order valence-corrected chi connectivity index (χ4v) is 2.40. The summed E-state index contributed by atoms with van der Waals surface area (Å²) in [4.78, 5) is 4.20. The lowest BCUT2D eigenvalue weighted by Crippen LogP contribution is -2.25. The van der Waals surface area contributed by atoms with Crippen LogP contribution in [0, 0.1) is 6.92 Å². The number of hydrogen-bond donors (Lipinski definition) is 1. The molecule has 0 bridgehead atoms. The maximum atomic E-state index is 4.34. The lowest BCUT2D eigenvalue weighted by Gasteiger charge is -2.20. The SMILES string of the molecule is CCNC(Cc1cccnc1)c1cc(C)nnc1CC. The molecule has 0 fully saturated rings. The zero-order chi connectivity index (χ0) is 14.4. The van der Waals surface area contributed by atoms with Crippen LogP contribution in [0.15, 0.2) is 30.6 Å². The normalized spacial score (nSPS) is 12.3. The minimum absolute atomic E-state index is 0.258. The van der Waals surface area contributed by atoms with Gasteiger partial charge in [-0.05, 0) is 49.6 Å². The van der Waals surface area contributed by atoms with E-state index in [9.17, 15) is 0 Å². The van der Waals surface area contributed by atoms with E-state index in [1.165, 1.54) is 11.1 Å². The number of pyridine rings is 1. The van der Waals surface area contributed by atoms with Gasteiger partial charge in [-0.15, -0.1) is 0 Å². The fourth-order valence-electron chi connectivity index (χ4n) is 2.40. The predicted molar refractivity (Wildman–Crippen MR) is 80.5 cm³/mol. The van der Waals surface area contributed by atoms with Crippen molar-refractivity contribution in [2.45, 2.75) is 39.7 Å². The number of rotatable bonds is 6. The first-order valence-corrected chi connectivity index (χ1v) is 7.20. The third kappa shape index (κ3) is 3.61. The Morgan fingerprint density at radius 3 is 2.75 bits per heavy atom. The maximum Gasteiger partial charge on any atom is 0.0676 e. The Bertz CT molecular complexity index is 539. The second kappa shape index (κ2) is 7.10. The van der Waals surface area contributed by atoms with Gasteiger partial charge in [0.05, 0.1) is 11.4 Å². The highest BCUT2D eigenvalue weighted by molar-refractivity contribution is 5.27. The van der Waals surface area contributed by atoms with Gasteiger partial charge in [0.15, 0.2) is 0 Å². The quantitative estimate of drug-likeness (QED) is 0.876. The molecule has 2 aromatic rings. The van der Waals surface area contributed by atoms with E-state index in [0.717, 1.165) is 30.8 Å². The van der Waals surface area contributed by atoms with Crippen molar-refractivity contribution in [3.63, 3.8) is 0 Å². The monoisotopic (exact) mass is 270 g/mol. The molecule has 0 aromatic carbocycles. The van der Waals surface area contributed by atoms with Gasteiger partial charge in [-0.2, -0.15) is 10.2 Å². The minimum Gasteiger partial charge on any atom is -0.310 e. The summed E-state index contributed by atoms with van der Waals surface area (Å²) < 4.78 is 0. The second-order valence-electron chi connectivity index (χ2n) is 4.92.